The molecule has 8 heteroatoms. The summed E-state index contributed by atoms with van der Waals surface area (Å²) < 4.78 is 0. The summed E-state index contributed by atoms with van der Waals surface area (Å²) in [4.78, 5) is 49.5. The Morgan fingerprint density at radius 2 is 1.86 bits per heavy atom. The molecule has 1 heterocycles. The molecule has 1 N–H and O–H groups in total. The van der Waals surface area contributed by atoms with Crippen molar-refractivity contribution in [2.45, 2.75) is 25.8 Å². The van der Waals surface area contributed by atoms with Gasteiger partial charge in [-0.05, 0) is 18.9 Å². The highest BCUT2D eigenvalue weighted by atomic mass is 16.6. The van der Waals surface area contributed by atoms with Gasteiger partial charge in [0, 0.05) is 17.2 Å². The van der Waals surface area contributed by atoms with Crippen molar-refractivity contribution >= 4 is 23.4 Å². The van der Waals surface area contributed by atoms with Gasteiger partial charge in [0.2, 0.25) is 0 Å². The number of carbonyl (C=O) groups excluding carboxylic acids is 3. The van der Waals surface area contributed by atoms with Crippen molar-refractivity contribution in [2.24, 2.45) is 0 Å². The van der Waals surface area contributed by atoms with Crippen LogP contribution in [0.1, 0.15) is 34.8 Å². The molecule has 0 spiro atoms. The number of hydrogen-bond acceptors (Lipinski definition) is 5. The van der Waals surface area contributed by atoms with Gasteiger partial charge in [-0.3, -0.25) is 24.6 Å². The summed E-state index contributed by atoms with van der Waals surface area (Å²) in [5.41, 5.74) is -0.276. The highest BCUT2D eigenvalue weighted by Gasteiger charge is 2.51. The van der Waals surface area contributed by atoms with Crippen LogP contribution in [0.25, 0.3) is 0 Å². The Balaban J connectivity index is 1.88. The van der Waals surface area contributed by atoms with E-state index in [4.69, 9.17) is 0 Å². The van der Waals surface area contributed by atoms with Gasteiger partial charge in [-0.2, -0.15) is 0 Å². The number of nitro groups is 1. The smallest absolute Gasteiger partial charge is 0.319 e. The SMILES string of the molecule is CC[C@@]1(c2ccccc2)NC(=O)N(CC(=O)c2ccc(C)c([N+](=O)[O-])c2)C1=O. The standard InChI is InChI=1S/C20H19N3O5/c1-3-20(15-7-5-4-6-8-15)18(25)22(19(26)21-20)12-17(24)14-10-9-13(2)16(11-14)23(27)28/h4-11H,3,12H2,1-2H3,(H,21,26)/t20-/m0/s1. The number of ketones is 1. The van der Waals surface area contributed by atoms with E-state index in [0.717, 1.165) is 4.90 Å². The molecule has 3 rings (SSSR count). The first-order chi connectivity index (χ1) is 13.3. The summed E-state index contributed by atoms with van der Waals surface area (Å²) in [6.07, 6.45) is 0.322. The van der Waals surface area contributed by atoms with Crippen molar-refractivity contribution in [3.8, 4) is 0 Å². The lowest BCUT2D eigenvalue weighted by Crippen LogP contribution is -2.43. The molecule has 1 saturated heterocycles. The summed E-state index contributed by atoms with van der Waals surface area (Å²) in [7, 11) is 0. The van der Waals surface area contributed by atoms with Crippen LogP contribution in [-0.2, 0) is 10.3 Å². The molecule has 2 aromatic rings. The summed E-state index contributed by atoms with van der Waals surface area (Å²) in [5.74, 6) is -1.06. The van der Waals surface area contributed by atoms with Gasteiger partial charge in [-0.1, -0.05) is 49.4 Å². The lowest BCUT2D eigenvalue weighted by atomic mass is 9.87. The maximum absolute atomic E-state index is 13.0. The van der Waals surface area contributed by atoms with Crippen molar-refractivity contribution in [3.05, 3.63) is 75.3 Å². The summed E-state index contributed by atoms with van der Waals surface area (Å²) >= 11 is 0. The molecule has 0 unspecified atom stereocenters. The van der Waals surface area contributed by atoms with Crippen molar-refractivity contribution < 1.29 is 19.3 Å². The predicted molar refractivity (Wildman–Crippen MR) is 101 cm³/mol. The van der Waals surface area contributed by atoms with E-state index in [1.807, 2.05) is 0 Å². The number of aryl methyl sites for hydroxylation is 1. The Kier molecular flexibility index (Phi) is 4.96. The maximum atomic E-state index is 13.0. The normalized spacial score (nSPS) is 18.9. The first kappa shape index (κ1) is 19.2. The van der Waals surface area contributed by atoms with E-state index in [1.54, 1.807) is 44.2 Å². The third-order valence-electron chi connectivity index (χ3n) is 5.00. The molecule has 0 aromatic heterocycles. The van der Waals surface area contributed by atoms with Crippen molar-refractivity contribution in [1.29, 1.82) is 0 Å². The molecule has 28 heavy (non-hydrogen) atoms. The van der Waals surface area contributed by atoms with Crippen LogP contribution >= 0.6 is 0 Å². The lowest BCUT2D eigenvalue weighted by molar-refractivity contribution is -0.385. The zero-order chi connectivity index (χ0) is 20.5. The van der Waals surface area contributed by atoms with Crippen molar-refractivity contribution in [2.75, 3.05) is 6.54 Å². The van der Waals surface area contributed by atoms with Crippen molar-refractivity contribution in [3.63, 3.8) is 0 Å². The van der Waals surface area contributed by atoms with Crippen LogP contribution in [0, 0.1) is 17.0 Å². The Hall–Kier alpha value is -3.55. The highest BCUT2D eigenvalue weighted by Crippen LogP contribution is 2.32. The molecule has 1 aliphatic heterocycles. The predicted octanol–water partition coefficient (Wildman–Crippen LogP) is 2.94. The fourth-order valence-corrected chi connectivity index (χ4v) is 3.35. The number of amides is 3. The van der Waals surface area contributed by atoms with Gasteiger partial charge < -0.3 is 5.32 Å². The summed E-state index contributed by atoms with van der Waals surface area (Å²) in [6.45, 7) is 2.86. The fraction of sp³-hybridized carbons (Fsp3) is 0.250. The summed E-state index contributed by atoms with van der Waals surface area (Å²) in [6, 6.07) is 12.3. The van der Waals surface area contributed by atoms with Crippen LogP contribution in [0.5, 0.6) is 0 Å². The second kappa shape index (κ2) is 7.22. The van der Waals surface area contributed by atoms with E-state index in [0.29, 0.717) is 17.5 Å². The highest BCUT2D eigenvalue weighted by molar-refractivity contribution is 6.11. The van der Waals surface area contributed by atoms with Gasteiger partial charge in [0.05, 0.1) is 11.5 Å². The van der Waals surface area contributed by atoms with E-state index in [-0.39, 0.29) is 11.3 Å². The van der Waals surface area contributed by atoms with Gasteiger partial charge >= 0.3 is 6.03 Å². The largest absolute Gasteiger partial charge is 0.325 e. The van der Waals surface area contributed by atoms with E-state index in [2.05, 4.69) is 5.32 Å². The van der Waals surface area contributed by atoms with Gasteiger partial charge in [0.15, 0.2) is 5.78 Å². The number of Topliss-reactive ketones (excluding diaryl/α,β-unsaturated/α-hetero) is 1. The molecular formula is C20H19N3O5. The summed E-state index contributed by atoms with van der Waals surface area (Å²) in [5, 5.41) is 13.8. The third kappa shape index (κ3) is 3.13. The number of rotatable bonds is 6. The first-order valence-corrected chi connectivity index (χ1v) is 8.78. The van der Waals surface area contributed by atoms with Crippen LogP contribution in [-0.4, -0.2) is 34.1 Å². The molecular weight excluding hydrogens is 362 g/mol. The Morgan fingerprint density at radius 1 is 1.18 bits per heavy atom. The van der Waals surface area contributed by atoms with Crippen LogP contribution in [0.15, 0.2) is 48.5 Å². The zero-order valence-electron chi connectivity index (χ0n) is 15.5. The molecule has 144 valence electrons. The van der Waals surface area contributed by atoms with E-state index in [1.165, 1.54) is 18.2 Å². The number of nitrogens with zero attached hydrogens (tertiary/aromatic N) is 2. The van der Waals surface area contributed by atoms with Crippen molar-refractivity contribution in [1.82, 2.24) is 10.2 Å². The van der Waals surface area contributed by atoms with Gasteiger partial charge in [-0.25, -0.2) is 4.79 Å². The third-order valence-corrected chi connectivity index (χ3v) is 5.00. The zero-order valence-corrected chi connectivity index (χ0v) is 15.5. The average Bonchev–Trinajstić information content (AvgIpc) is 2.93. The van der Waals surface area contributed by atoms with Gasteiger partial charge in [-0.15, -0.1) is 0 Å². The number of nitrogens with one attached hydrogen (secondary N) is 1. The molecule has 0 saturated carbocycles. The van der Waals surface area contributed by atoms with E-state index < -0.39 is 34.7 Å². The number of nitro benzene ring substituents is 1. The van der Waals surface area contributed by atoms with E-state index >= 15 is 0 Å². The Morgan fingerprint density at radius 3 is 2.46 bits per heavy atom. The topological polar surface area (TPSA) is 110 Å². The molecule has 8 nitrogen and oxygen atoms in total. The van der Waals surface area contributed by atoms with Crippen LogP contribution in [0.2, 0.25) is 0 Å². The van der Waals surface area contributed by atoms with Gasteiger partial charge in [0.1, 0.15) is 5.54 Å². The van der Waals surface area contributed by atoms with Crippen LogP contribution < -0.4 is 5.32 Å². The molecule has 3 amide bonds. The maximum Gasteiger partial charge on any atom is 0.325 e. The fourth-order valence-electron chi connectivity index (χ4n) is 3.35. The monoisotopic (exact) mass is 381 g/mol. The molecule has 0 radical (unpaired) electrons. The second-order valence-corrected chi connectivity index (χ2v) is 6.63. The van der Waals surface area contributed by atoms with E-state index in [9.17, 15) is 24.5 Å². The first-order valence-electron chi connectivity index (χ1n) is 8.78. The minimum atomic E-state index is -1.22. The number of hydrogen-bond donors (Lipinski definition) is 1. The molecule has 1 atom stereocenters. The average molecular weight is 381 g/mol. The number of urea groups is 1. The van der Waals surface area contributed by atoms with Crippen LogP contribution in [0.3, 0.4) is 0 Å². The number of imide groups is 1. The molecule has 0 bridgehead atoms. The molecule has 2 aromatic carbocycles. The lowest BCUT2D eigenvalue weighted by Gasteiger charge is -2.25. The van der Waals surface area contributed by atoms with Gasteiger partial charge in [0.25, 0.3) is 11.6 Å². The number of carbonyl (C=O) groups is 3. The Labute approximate surface area is 161 Å². The quantitative estimate of drug-likeness (QED) is 0.358. The molecule has 1 fully saturated rings. The molecule has 0 aliphatic carbocycles. The minimum Gasteiger partial charge on any atom is -0.319 e. The molecule has 1 aliphatic rings. The minimum absolute atomic E-state index is 0.0756. The van der Waals surface area contributed by atoms with Crippen LogP contribution in [0.4, 0.5) is 10.5 Å². The number of benzene rings is 2. The Bertz CT molecular complexity index is 973. The second-order valence-electron chi connectivity index (χ2n) is 6.63.